The Hall–Kier alpha value is -1.79. The second-order valence-corrected chi connectivity index (χ2v) is 7.20. The Morgan fingerprint density at radius 2 is 1.96 bits per heavy atom. The number of hydrogen-bond acceptors (Lipinski definition) is 5. The molecule has 1 unspecified atom stereocenters. The standard InChI is InChI=1S/C17H25N5O/c1-17(2,3)16-19-9-13(10-20-16)15-18-5-6-22(15)12-14-11-21(4)7-8-23-14/h5-6,9-10,14H,7-8,11-12H2,1-4H3. The van der Waals surface area contributed by atoms with Crippen LogP contribution in [-0.2, 0) is 16.7 Å². The van der Waals surface area contributed by atoms with Crippen molar-refractivity contribution in [1.29, 1.82) is 0 Å². The molecule has 0 aromatic carbocycles. The zero-order chi connectivity index (χ0) is 16.4. The van der Waals surface area contributed by atoms with E-state index in [9.17, 15) is 0 Å². The highest BCUT2D eigenvalue weighted by Crippen LogP contribution is 2.21. The number of ether oxygens (including phenoxy) is 1. The third kappa shape index (κ3) is 3.76. The molecule has 0 N–H and O–H groups in total. The van der Waals surface area contributed by atoms with Crippen molar-refractivity contribution in [2.75, 3.05) is 26.7 Å². The first-order valence-electron chi connectivity index (χ1n) is 8.07. The second kappa shape index (κ2) is 6.37. The largest absolute Gasteiger partial charge is 0.374 e. The van der Waals surface area contributed by atoms with Gasteiger partial charge in [0, 0.05) is 43.3 Å². The quantitative estimate of drug-likeness (QED) is 0.867. The number of hydrogen-bond donors (Lipinski definition) is 0. The summed E-state index contributed by atoms with van der Waals surface area (Å²) in [6.45, 7) is 9.85. The molecule has 2 aromatic rings. The highest BCUT2D eigenvalue weighted by molar-refractivity contribution is 5.52. The van der Waals surface area contributed by atoms with Crippen LogP contribution in [0.2, 0.25) is 0 Å². The van der Waals surface area contributed by atoms with Crippen LogP contribution in [0.1, 0.15) is 26.6 Å². The van der Waals surface area contributed by atoms with Crippen molar-refractivity contribution in [2.24, 2.45) is 0 Å². The van der Waals surface area contributed by atoms with Gasteiger partial charge in [-0.15, -0.1) is 0 Å². The Bertz CT molecular complexity index is 644. The Morgan fingerprint density at radius 1 is 1.22 bits per heavy atom. The van der Waals surface area contributed by atoms with Crippen LogP contribution in [0.3, 0.4) is 0 Å². The number of imidazole rings is 1. The van der Waals surface area contributed by atoms with E-state index in [0.717, 1.165) is 43.5 Å². The van der Waals surface area contributed by atoms with E-state index in [1.54, 1.807) is 0 Å². The van der Waals surface area contributed by atoms with E-state index in [2.05, 4.69) is 52.2 Å². The summed E-state index contributed by atoms with van der Waals surface area (Å²) < 4.78 is 7.98. The molecular formula is C17H25N5O. The minimum Gasteiger partial charge on any atom is -0.374 e. The molecule has 0 aliphatic carbocycles. The van der Waals surface area contributed by atoms with Crippen molar-refractivity contribution in [3.8, 4) is 11.4 Å². The van der Waals surface area contributed by atoms with Gasteiger partial charge in [0.2, 0.25) is 0 Å². The van der Waals surface area contributed by atoms with Crippen molar-refractivity contribution in [3.63, 3.8) is 0 Å². The van der Waals surface area contributed by atoms with Gasteiger partial charge < -0.3 is 14.2 Å². The summed E-state index contributed by atoms with van der Waals surface area (Å²) in [5, 5.41) is 0. The highest BCUT2D eigenvalue weighted by Gasteiger charge is 2.20. The fourth-order valence-electron chi connectivity index (χ4n) is 2.74. The van der Waals surface area contributed by atoms with Crippen LogP contribution in [0.15, 0.2) is 24.8 Å². The Balaban J connectivity index is 1.78. The summed E-state index contributed by atoms with van der Waals surface area (Å²) in [6.07, 6.45) is 7.72. The van der Waals surface area contributed by atoms with E-state index in [0.29, 0.717) is 0 Å². The summed E-state index contributed by atoms with van der Waals surface area (Å²) in [6, 6.07) is 0. The first kappa shape index (κ1) is 16.1. The third-order valence-corrected chi connectivity index (χ3v) is 4.04. The van der Waals surface area contributed by atoms with Gasteiger partial charge in [0.05, 0.1) is 24.8 Å². The van der Waals surface area contributed by atoms with Crippen molar-refractivity contribution in [3.05, 3.63) is 30.6 Å². The van der Waals surface area contributed by atoms with Gasteiger partial charge in [-0.1, -0.05) is 20.8 Å². The maximum Gasteiger partial charge on any atom is 0.143 e. The smallest absolute Gasteiger partial charge is 0.143 e. The van der Waals surface area contributed by atoms with Gasteiger partial charge in [-0.05, 0) is 7.05 Å². The summed E-state index contributed by atoms with van der Waals surface area (Å²) in [4.78, 5) is 15.8. The molecular weight excluding hydrogens is 290 g/mol. The predicted octanol–water partition coefficient (Wildman–Crippen LogP) is 1.97. The lowest BCUT2D eigenvalue weighted by atomic mass is 9.96. The molecule has 1 atom stereocenters. The van der Waals surface area contributed by atoms with E-state index in [1.165, 1.54) is 0 Å². The van der Waals surface area contributed by atoms with E-state index >= 15 is 0 Å². The van der Waals surface area contributed by atoms with Crippen LogP contribution in [0.25, 0.3) is 11.4 Å². The SMILES string of the molecule is CN1CCOC(Cn2ccnc2-c2cnc(C(C)(C)C)nc2)C1. The van der Waals surface area contributed by atoms with Gasteiger partial charge in [-0.25, -0.2) is 15.0 Å². The maximum absolute atomic E-state index is 5.85. The van der Waals surface area contributed by atoms with Gasteiger partial charge in [-0.3, -0.25) is 0 Å². The molecule has 1 aliphatic heterocycles. The van der Waals surface area contributed by atoms with E-state index in [1.807, 2.05) is 24.8 Å². The molecule has 3 heterocycles. The number of likely N-dealkylation sites (N-methyl/N-ethyl adjacent to an activating group) is 1. The van der Waals surface area contributed by atoms with Crippen molar-refractivity contribution in [2.45, 2.75) is 38.8 Å². The van der Waals surface area contributed by atoms with Gasteiger partial charge in [0.25, 0.3) is 0 Å². The molecule has 6 nitrogen and oxygen atoms in total. The lowest BCUT2D eigenvalue weighted by Crippen LogP contribution is -2.41. The van der Waals surface area contributed by atoms with Crippen molar-refractivity contribution in [1.82, 2.24) is 24.4 Å². The van der Waals surface area contributed by atoms with E-state index in [4.69, 9.17) is 4.74 Å². The van der Waals surface area contributed by atoms with Crippen molar-refractivity contribution < 1.29 is 4.74 Å². The number of nitrogens with zero attached hydrogens (tertiary/aromatic N) is 5. The summed E-state index contributed by atoms with van der Waals surface area (Å²) >= 11 is 0. The Morgan fingerprint density at radius 3 is 2.61 bits per heavy atom. The first-order chi connectivity index (χ1) is 10.9. The molecule has 1 fully saturated rings. The topological polar surface area (TPSA) is 56.1 Å². The maximum atomic E-state index is 5.85. The Kier molecular flexibility index (Phi) is 4.46. The van der Waals surface area contributed by atoms with Gasteiger partial charge in [0.15, 0.2) is 0 Å². The molecule has 0 bridgehead atoms. The lowest BCUT2D eigenvalue weighted by Gasteiger charge is -2.30. The highest BCUT2D eigenvalue weighted by atomic mass is 16.5. The molecule has 3 rings (SSSR count). The van der Waals surface area contributed by atoms with Crippen LogP contribution < -0.4 is 0 Å². The average Bonchev–Trinajstić information content (AvgIpc) is 2.94. The van der Waals surface area contributed by atoms with E-state index in [-0.39, 0.29) is 11.5 Å². The molecule has 0 spiro atoms. The zero-order valence-electron chi connectivity index (χ0n) is 14.4. The molecule has 0 saturated carbocycles. The lowest BCUT2D eigenvalue weighted by molar-refractivity contribution is -0.0272. The summed E-state index contributed by atoms with van der Waals surface area (Å²) in [5.74, 6) is 1.74. The summed E-state index contributed by atoms with van der Waals surface area (Å²) in [7, 11) is 2.13. The predicted molar refractivity (Wildman–Crippen MR) is 89.2 cm³/mol. The molecule has 0 radical (unpaired) electrons. The molecule has 0 amide bonds. The van der Waals surface area contributed by atoms with E-state index < -0.39 is 0 Å². The van der Waals surface area contributed by atoms with Crippen molar-refractivity contribution >= 4 is 0 Å². The molecule has 23 heavy (non-hydrogen) atoms. The van der Waals surface area contributed by atoms with Crippen LogP contribution in [0, 0.1) is 0 Å². The van der Waals surface area contributed by atoms with Crippen LogP contribution in [0.4, 0.5) is 0 Å². The van der Waals surface area contributed by atoms with Crippen LogP contribution in [0.5, 0.6) is 0 Å². The van der Waals surface area contributed by atoms with Gasteiger partial charge in [0.1, 0.15) is 11.6 Å². The molecule has 6 heteroatoms. The summed E-state index contributed by atoms with van der Waals surface area (Å²) in [5.41, 5.74) is 0.890. The first-order valence-corrected chi connectivity index (χ1v) is 8.07. The Labute approximate surface area is 137 Å². The van der Waals surface area contributed by atoms with Crippen LogP contribution >= 0.6 is 0 Å². The second-order valence-electron chi connectivity index (χ2n) is 7.20. The molecule has 2 aromatic heterocycles. The average molecular weight is 315 g/mol. The molecule has 1 aliphatic rings. The number of morpholine rings is 1. The van der Waals surface area contributed by atoms with Crippen LogP contribution in [-0.4, -0.2) is 57.3 Å². The fourth-order valence-corrected chi connectivity index (χ4v) is 2.74. The van der Waals surface area contributed by atoms with Gasteiger partial charge in [-0.2, -0.15) is 0 Å². The monoisotopic (exact) mass is 315 g/mol. The fraction of sp³-hybridized carbons (Fsp3) is 0.588. The minimum atomic E-state index is -0.0471. The molecule has 1 saturated heterocycles. The minimum absolute atomic E-state index is 0.0471. The zero-order valence-corrected chi connectivity index (χ0v) is 14.4. The molecule has 124 valence electrons. The van der Waals surface area contributed by atoms with Gasteiger partial charge >= 0.3 is 0 Å². The normalized spacial score (nSPS) is 19.9. The number of rotatable bonds is 3. The third-order valence-electron chi connectivity index (χ3n) is 4.04. The number of aromatic nitrogens is 4.